The monoisotopic (exact) mass is 634 g/mol. The van der Waals surface area contributed by atoms with Crippen LogP contribution in [-0.2, 0) is 0 Å². The lowest BCUT2D eigenvalue weighted by atomic mass is 9.80. The first-order valence-electron chi connectivity index (χ1n) is 17.3. The zero-order valence-electron chi connectivity index (χ0n) is 27.2. The molecule has 0 unspecified atom stereocenters. The van der Waals surface area contributed by atoms with E-state index >= 15 is 0 Å². The number of aromatic nitrogens is 2. The molecule has 10 aromatic rings. The van der Waals surface area contributed by atoms with Crippen molar-refractivity contribution in [3.63, 3.8) is 0 Å². The molecule has 0 spiro atoms. The van der Waals surface area contributed by atoms with Crippen molar-refractivity contribution in [1.82, 2.24) is 9.13 Å². The van der Waals surface area contributed by atoms with Gasteiger partial charge in [0.15, 0.2) is 0 Å². The Morgan fingerprint density at radius 3 is 0.720 bits per heavy atom. The van der Waals surface area contributed by atoms with Crippen molar-refractivity contribution in [2.45, 2.75) is 0 Å². The predicted octanol–water partition coefficient (Wildman–Crippen LogP) is 12.9. The highest BCUT2D eigenvalue weighted by Gasteiger charge is 2.26. The molecule has 2 aromatic heterocycles. The minimum Gasteiger partial charge on any atom is -0.307 e. The molecule has 0 atom stereocenters. The third kappa shape index (κ3) is 3.73. The van der Waals surface area contributed by atoms with E-state index in [1.165, 1.54) is 88.1 Å². The predicted molar refractivity (Wildman–Crippen MR) is 210 cm³/mol. The molecule has 0 saturated carbocycles. The molecule has 1 aliphatic carbocycles. The highest BCUT2D eigenvalue weighted by molar-refractivity contribution is 6.13. The van der Waals surface area contributed by atoms with Crippen LogP contribution < -0.4 is 0 Å². The summed E-state index contributed by atoms with van der Waals surface area (Å²) < 4.78 is 4.98. The number of hydrogen-bond acceptors (Lipinski definition) is 0. The van der Waals surface area contributed by atoms with E-state index in [0.717, 1.165) is 11.4 Å². The zero-order valence-corrected chi connectivity index (χ0v) is 27.2. The maximum absolute atomic E-state index is 2.49. The number of rotatable bonds is 2. The third-order valence-electron chi connectivity index (χ3n) is 10.7. The van der Waals surface area contributed by atoms with Crippen LogP contribution in [0.4, 0.5) is 0 Å². The first kappa shape index (κ1) is 27.3. The van der Waals surface area contributed by atoms with Crippen molar-refractivity contribution in [1.29, 1.82) is 0 Å². The minimum absolute atomic E-state index is 1.15. The van der Waals surface area contributed by atoms with Gasteiger partial charge in [0, 0.05) is 21.5 Å². The Hall–Kier alpha value is -6.64. The molecule has 0 amide bonds. The fourth-order valence-electron chi connectivity index (χ4n) is 8.60. The molecule has 8 aromatic carbocycles. The number of nitrogens with zero attached hydrogens (tertiary/aromatic N) is 2. The standard InChI is InChI=1S/C48H30N2/c1-2-16-32-31(15-1)33-17-3-5-19-35(33)41-29-47(49-43-25-11-7-21-37(43)38-22-8-12-26-44(38)49)48(30-42(41)36-20-6-4-18-34(32)36)50-45-27-13-9-23-39(45)40-24-10-14-28-46(40)50/h1-30H. The Kier molecular flexibility index (Phi) is 5.70. The summed E-state index contributed by atoms with van der Waals surface area (Å²) in [6.45, 7) is 0. The summed E-state index contributed by atoms with van der Waals surface area (Å²) >= 11 is 0. The van der Waals surface area contributed by atoms with E-state index in [1.54, 1.807) is 0 Å². The first-order chi connectivity index (χ1) is 24.8. The summed E-state index contributed by atoms with van der Waals surface area (Å²) in [5, 5.41) is 5.01. The van der Waals surface area contributed by atoms with Gasteiger partial charge in [0.2, 0.25) is 0 Å². The average molecular weight is 635 g/mol. The van der Waals surface area contributed by atoms with Crippen molar-refractivity contribution in [2.24, 2.45) is 0 Å². The molecule has 2 heteroatoms. The fourth-order valence-corrected chi connectivity index (χ4v) is 8.60. The lowest BCUT2D eigenvalue weighted by Gasteiger charge is -2.26. The second-order valence-electron chi connectivity index (χ2n) is 13.3. The quantitative estimate of drug-likeness (QED) is 0.179. The molecule has 0 radical (unpaired) electrons. The smallest absolute Gasteiger partial charge is 0.0709 e. The normalized spacial score (nSPS) is 12.0. The largest absolute Gasteiger partial charge is 0.307 e. The van der Waals surface area contributed by atoms with E-state index in [2.05, 4.69) is 191 Å². The fraction of sp³-hybridized carbons (Fsp3) is 0. The molecule has 0 bridgehead atoms. The molecule has 0 saturated heterocycles. The molecule has 2 heterocycles. The van der Waals surface area contributed by atoms with E-state index in [-0.39, 0.29) is 0 Å². The topological polar surface area (TPSA) is 9.86 Å². The molecule has 1 aliphatic rings. The van der Waals surface area contributed by atoms with Crippen molar-refractivity contribution in [3.8, 4) is 55.9 Å². The molecule has 0 aliphatic heterocycles. The van der Waals surface area contributed by atoms with Gasteiger partial charge in [-0.25, -0.2) is 0 Å². The molecule has 11 rings (SSSR count). The van der Waals surface area contributed by atoms with E-state index in [0.29, 0.717) is 0 Å². The Morgan fingerprint density at radius 1 is 0.220 bits per heavy atom. The van der Waals surface area contributed by atoms with E-state index in [9.17, 15) is 0 Å². The second-order valence-corrected chi connectivity index (χ2v) is 13.3. The zero-order chi connectivity index (χ0) is 32.8. The summed E-state index contributed by atoms with van der Waals surface area (Å²) in [5.41, 5.74) is 17.0. The molecule has 232 valence electrons. The van der Waals surface area contributed by atoms with Gasteiger partial charge in [-0.2, -0.15) is 0 Å². The highest BCUT2D eigenvalue weighted by Crippen LogP contribution is 2.50. The van der Waals surface area contributed by atoms with Crippen LogP contribution >= 0.6 is 0 Å². The van der Waals surface area contributed by atoms with Crippen LogP contribution in [0.25, 0.3) is 99.5 Å². The highest BCUT2D eigenvalue weighted by atomic mass is 15.1. The average Bonchev–Trinajstić information content (AvgIpc) is 3.70. The molecular weight excluding hydrogens is 605 g/mol. The lowest BCUT2D eigenvalue weighted by Crippen LogP contribution is -2.06. The second kappa shape index (κ2) is 10.4. The number of para-hydroxylation sites is 4. The number of hydrogen-bond donors (Lipinski definition) is 0. The number of fused-ring (bicyclic) bond motifs is 14. The maximum Gasteiger partial charge on any atom is 0.0709 e. The summed E-state index contributed by atoms with van der Waals surface area (Å²) in [5.74, 6) is 0. The number of benzene rings is 8. The van der Waals surface area contributed by atoms with E-state index in [1.807, 2.05) is 0 Å². The third-order valence-corrected chi connectivity index (χ3v) is 10.7. The molecular formula is C48H30N2. The van der Waals surface area contributed by atoms with Gasteiger partial charge in [0.25, 0.3) is 0 Å². The lowest BCUT2D eigenvalue weighted by molar-refractivity contribution is 1.10. The maximum atomic E-state index is 2.49. The first-order valence-corrected chi connectivity index (χ1v) is 17.3. The minimum atomic E-state index is 1.15. The van der Waals surface area contributed by atoms with Crippen molar-refractivity contribution < 1.29 is 0 Å². The van der Waals surface area contributed by atoms with Crippen LogP contribution in [0.2, 0.25) is 0 Å². The van der Waals surface area contributed by atoms with Crippen LogP contribution in [0.1, 0.15) is 0 Å². The van der Waals surface area contributed by atoms with Gasteiger partial charge in [-0.15, -0.1) is 0 Å². The summed E-state index contributed by atoms with van der Waals surface area (Å²) in [4.78, 5) is 0. The van der Waals surface area contributed by atoms with Gasteiger partial charge < -0.3 is 9.13 Å². The summed E-state index contributed by atoms with van der Waals surface area (Å²) in [6, 6.07) is 67.0. The van der Waals surface area contributed by atoms with Gasteiger partial charge in [0.1, 0.15) is 0 Å². The summed E-state index contributed by atoms with van der Waals surface area (Å²) in [7, 11) is 0. The van der Waals surface area contributed by atoms with Gasteiger partial charge in [0.05, 0.1) is 33.4 Å². The van der Waals surface area contributed by atoms with Gasteiger partial charge in [-0.1, -0.05) is 146 Å². The van der Waals surface area contributed by atoms with Crippen LogP contribution in [0.3, 0.4) is 0 Å². The molecule has 50 heavy (non-hydrogen) atoms. The van der Waals surface area contributed by atoms with E-state index in [4.69, 9.17) is 0 Å². The van der Waals surface area contributed by atoms with Crippen LogP contribution in [-0.4, -0.2) is 9.13 Å². The van der Waals surface area contributed by atoms with Gasteiger partial charge in [-0.05, 0) is 80.9 Å². The van der Waals surface area contributed by atoms with Gasteiger partial charge >= 0.3 is 0 Å². The Bertz CT molecular complexity index is 2680. The Labute approximate surface area is 289 Å². The molecule has 0 fully saturated rings. The van der Waals surface area contributed by atoms with E-state index < -0.39 is 0 Å². The Morgan fingerprint density at radius 2 is 0.440 bits per heavy atom. The molecule has 0 N–H and O–H groups in total. The summed E-state index contributed by atoms with van der Waals surface area (Å²) in [6.07, 6.45) is 0. The van der Waals surface area contributed by atoms with Crippen LogP contribution in [0.15, 0.2) is 182 Å². The van der Waals surface area contributed by atoms with Crippen LogP contribution in [0, 0.1) is 0 Å². The van der Waals surface area contributed by atoms with Crippen molar-refractivity contribution in [3.05, 3.63) is 182 Å². The van der Waals surface area contributed by atoms with Crippen molar-refractivity contribution >= 4 is 43.6 Å². The van der Waals surface area contributed by atoms with Crippen LogP contribution in [0.5, 0.6) is 0 Å². The Balaban J connectivity index is 1.38. The SMILES string of the molecule is c1ccc2c(c1)-c1ccccc1-c1cc(-n3c4ccccc4c4ccccc43)c(-n3c4ccccc4c4ccccc43)cc1-c1ccccc1-2. The van der Waals surface area contributed by atoms with Gasteiger partial charge in [-0.3, -0.25) is 0 Å². The van der Waals surface area contributed by atoms with Crippen molar-refractivity contribution in [2.75, 3.05) is 0 Å². The molecule has 2 nitrogen and oxygen atoms in total.